The van der Waals surface area contributed by atoms with Crippen LogP contribution in [0.1, 0.15) is 27.2 Å². The summed E-state index contributed by atoms with van der Waals surface area (Å²) in [6, 6.07) is 0. The van der Waals surface area contributed by atoms with Crippen LogP contribution in [0, 0.1) is 10.8 Å². The summed E-state index contributed by atoms with van der Waals surface area (Å²) >= 11 is 0. The van der Waals surface area contributed by atoms with Crippen LogP contribution in [0.15, 0.2) is 23.8 Å². The van der Waals surface area contributed by atoms with Crippen LogP contribution in [-0.2, 0) is 0 Å². The van der Waals surface area contributed by atoms with Crippen LogP contribution < -0.4 is 0 Å². The minimum atomic E-state index is 0.226. The van der Waals surface area contributed by atoms with E-state index in [0.717, 1.165) is 12.0 Å². The molecule has 0 aromatic carbocycles. The predicted octanol–water partition coefficient (Wildman–Crippen LogP) is 2.94. The number of nitrogens with one attached hydrogen (secondary N) is 1. The van der Waals surface area contributed by atoms with Gasteiger partial charge in [-0.3, -0.25) is 0 Å². The summed E-state index contributed by atoms with van der Waals surface area (Å²) in [5, 5.41) is 7.56. The summed E-state index contributed by atoms with van der Waals surface area (Å²) in [5.41, 5.74) is 1.96. The van der Waals surface area contributed by atoms with Gasteiger partial charge in [-0.15, -0.1) is 0 Å². The molecular weight excluding hydrogens is 134 g/mol. The van der Waals surface area contributed by atoms with Crippen molar-refractivity contribution in [2.75, 3.05) is 0 Å². The van der Waals surface area contributed by atoms with Crippen LogP contribution in [0.2, 0.25) is 0 Å². The van der Waals surface area contributed by atoms with Crippen molar-refractivity contribution in [2.45, 2.75) is 27.2 Å². The molecule has 1 N–H and O–H groups in total. The molecule has 0 radical (unpaired) electrons. The Morgan fingerprint density at radius 3 is 2.73 bits per heavy atom. The van der Waals surface area contributed by atoms with E-state index in [9.17, 15) is 0 Å². The predicted molar refractivity (Wildman–Crippen MR) is 49.0 cm³/mol. The zero-order valence-electron chi connectivity index (χ0n) is 7.44. The minimum Gasteiger partial charge on any atom is -0.301 e. The summed E-state index contributed by atoms with van der Waals surface area (Å²) in [4.78, 5) is 0. The molecule has 0 aromatic rings. The summed E-state index contributed by atoms with van der Waals surface area (Å²) < 4.78 is 0. The molecule has 0 aromatic heterocycles. The third-order valence-electron chi connectivity index (χ3n) is 2.06. The highest BCUT2D eigenvalue weighted by Gasteiger charge is 2.14. The SMILES string of the molecule is CC1=CCC(C)(C)C=CC1=N. The van der Waals surface area contributed by atoms with Crippen molar-refractivity contribution in [2.24, 2.45) is 5.41 Å². The molecule has 0 atom stereocenters. The molecule has 11 heavy (non-hydrogen) atoms. The topological polar surface area (TPSA) is 23.9 Å². The minimum absolute atomic E-state index is 0.226. The highest BCUT2D eigenvalue weighted by atomic mass is 14.4. The molecule has 0 saturated carbocycles. The summed E-state index contributed by atoms with van der Waals surface area (Å²) in [6.45, 7) is 6.37. The monoisotopic (exact) mass is 149 g/mol. The van der Waals surface area contributed by atoms with E-state index in [1.54, 1.807) is 0 Å². The van der Waals surface area contributed by atoms with Gasteiger partial charge in [0.25, 0.3) is 0 Å². The highest BCUT2D eigenvalue weighted by molar-refractivity contribution is 6.05. The van der Waals surface area contributed by atoms with Gasteiger partial charge in [0, 0.05) is 0 Å². The molecule has 0 aliphatic heterocycles. The summed E-state index contributed by atoms with van der Waals surface area (Å²) in [5.74, 6) is 0. The summed E-state index contributed by atoms with van der Waals surface area (Å²) in [6.07, 6.45) is 7.20. The standard InChI is InChI=1S/C10H15N/c1-8-4-6-10(2,3)7-5-9(8)11/h4-5,7,11H,6H2,1-3H3. The van der Waals surface area contributed by atoms with E-state index < -0.39 is 0 Å². The van der Waals surface area contributed by atoms with Crippen LogP contribution in [0.5, 0.6) is 0 Å². The molecule has 0 saturated heterocycles. The van der Waals surface area contributed by atoms with E-state index in [4.69, 9.17) is 5.41 Å². The van der Waals surface area contributed by atoms with E-state index >= 15 is 0 Å². The van der Waals surface area contributed by atoms with Crippen LogP contribution >= 0.6 is 0 Å². The number of rotatable bonds is 0. The second-order valence-corrected chi connectivity index (χ2v) is 3.83. The van der Waals surface area contributed by atoms with Gasteiger partial charge in [0.15, 0.2) is 0 Å². The maximum absolute atomic E-state index is 7.56. The molecule has 60 valence electrons. The average molecular weight is 149 g/mol. The van der Waals surface area contributed by atoms with Gasteiger partial charge < -0.3 is 5.41 Å². The van der Waals surface area contributed by atoms with Crippen LogP contribution in [0.4, 0.5) is 0 Å². The van der Waals surface area contributed by atoms with E-state index in [0.29, 0.717) is 5.71 Å². The number of allylic oxidation sites excluding steroid dienone is 4. The molecule has 1 aliphatic carbocycles. The fourth-order valence-electron chi connectivity index (χ4n) is 1.03. The molecular formula is C10H15N. The third kappa shape index (κ3) is 2.04. The van der Waals surface area contributed by atoms with Crippen molar-refractivity contribution in [1.82, 2.24) is 0 Å². The Labute approximate surface area is 68.3 Å². The Hall–Kier alpha value is -0.850. The zero-order chi connectivity index (χ0) is 8.48. The first-order chi connectivity index (χ1) is 5.01. The van der Waals surface area contributed by atoms with Gasteiger partial charge in [0.05, 0.1) is 5.71 Å². The van der Waals surface area contributed by atoms with Crippen molar-refractivity contribution < 1.29 is 0 Å². The van der Waals surface area contributed by atoms with E-state index in [1.807, 2.05) is 13.0 Å². The molecule has 0 fully saturated rings. The Bertz CT molecular complexity index is 231. The molecule has 1 heteroatoms. The molecule has 0 amide bonds. The van der Waals surface area contributed by atoms with Crippen molar-refractivity contribution in [3.05, 3.63) is 23.8 Å². The van der Waals surface area contributed by atoms with Gasteiger partial charge in [0.1, 0.15) is 0 Å². The van der Waals surface area contributed by atoms with Crippen LogP contribution in [0.3, 0.4) is 0 Å². The van der Waals surface area contributed by atoms with Gasteiger partial charge in [-0.25, -0.2) is 0 Å². The Morgan fingerprint density at radius 1 is 1.45 bits per heavy atom. The van der Waals surface area contributed by atoms with Crippen molar-refractivity contribution in [1.29, 1.82) is 5.41 Å². The molecule has 1 aliphatic rings. The largest absolute Gasteiger partial charge is 0.301 e. The normalized spacial score (nSPS) is 22.8. The molecule has 1 nitrogen and oxygen atoms in total. The number of hydrogen-bond donors (Lipinski definition) is 1. The Kier molecular flexibility index (Phi) is 1.99. The average Bonchev–Trinajstić information content (AvgIpc) is 2.03. The van der Waals surface area contributed by atoms with E-state index in [1.165, 1.54) is 0 Å². The van der Waals surface area contributed by atoms with Gasteiger partial charge >= 0.3 is 0 Å². The molecule has 1 rings (SSSR count). The van der Waals surface area contributed by atoms with E-state index in [-0.39, 0.29) is 5.41 Å². The Balaban J connectivity index is 2.92. The zero-order valence-corrected chi connectivity index (χ0v) is 7.44. The molecule has 0 bridgehead atoms. The first-order valence-corrected chi connectivity index (χ1v) is 3.96. The Morgan fingerprint density at radius 2 is 2.09 bits per heavy atom. The lowest BCUT2D eigenvalue weighted by molar-refractivity contribution is 0.490. The number of hydrogen-bond acceptors (Lipinski definition) is 1. The maximum atomic E-state index is 7.56. The second kappa shape index (κ2) is 2.65. The second-order valence-electron chi connectivity index (χ2n) is 3.83. The van der Waals surface area contributed by atoms with Gasteiger partial charge in [-0.2, -0.15) is 0 Å². The fourth-order valence-corrected chi connectivity index (χ4v) is 1.03. The lowest BCUT2D eigenvalue weighted by Crippen LogP contribution is -2.03. The van der Waals surface area contributed by atoms with Crippen molar-refractivity contribution in [3.63, 3.8) is 0 Å². The lowest BCUT2D eigenvalue weighted by Gasteiger charge is -2.15. The van der Waals surface area contributed by atoms with Gasteiger partial charge in [-0.05, 0) is 30.4 Å². The van der Waals surface area contributed by atoms with E-state index in [2.05, 4.69) is 26.0 Å². The van der Waals surface area contributed by atoms with Gasteiger partial charge in [-0.1, -0.05) is 26.0 Å². The van der Waals surface area contributed by atoms with Crippen molar-refractivity contribution in [3.8, 4) is 0 Å². The first-order valence-electron chi connectivity index (χ1n) is 3.96. The van der Waals surface area contributed by atoms with Crippen LogP contribution in [-0.4, -0.2) is 5.71 Å². The smallest absolute Gasteiger partial charge is 0.0562 e. The van der Waals surface area contributed by atoms with Crippen LogP contribution in [0.25, 0.3) is 0 Å². The maximum Gasteiger partial charge on any atom is 0.0562 e. The van der Waals surface area contributed by atoms with Gasteiger partial charge in [0.2, 0.25) is 0 Å². The summed E-state index contributed by atoms with van der Waals surface area (Å²) in [7, 11) is 0. The first kappa shape index (κ1) is 8.25. The fraction of sp³-hybridized carbons (Fsp3) is 0.500. The quantitative estimate of drug-likeness (QED) is 0.547. The van der Waals surface area contributed by atoms with Crippen molar-refractivity contribution >= 4 is 5.71 Å². The molecule has 0 heterocycles. The molecule has 0 spiro atoms. The highest BCUT2D eigenvalue weighted by Crippen LogP contribution is 2.26. The lowest BCUT2D eigenvalue weighted by atomic mass is 9.90. The third-order valence-corrected chi connectivity index (χ3v) is 2.06. The molecule has 0 unspecified atom stereocenters.